The Morgan fingerprint density at radius 3 is 2.79 bits per heavy atom. The zero-order valence-electron chi connectivity index (χ0n) is 10.3. The summed E-state index contributed by atoms with van der Waals surface area (Å²) in [5.74, 6) is -1.81. The fourth-order valence-electron chi connectivity index (χ4n) is 1.40. The first-order valence-electron chi connectivity index (χ1n) is 5.62. The molecule has 2 N–H and O–H groups in total. The Labute approximate surface area is 108 Å². The number of imidazole rings is 1. The van der Waals surface area contributed by atoms with Crippen LogP contribution in [0.15, 0.2) is 12.5 Å². The molecule has 1 heterocycles. The summed E-state index contributed by atoms with van der Waals surface area (Å²) < 4.78 is 1.40. The van der Waals surface area contributed by atoms with Crippen molar-refractivity contribution in [2.75, 3.05) is 0 Å². The van der Waals surface area contributed by atoms with Crippen LogP contribution in [0.1, 0.15) is 19.8 Å². The number of nitro groups is 1. The number of hydrogen-bond donors (Lipinski definition) is 2. The van der Waals surface area contributed by atoms with Crippen LogP contribution in [0.4, 0.5) is 5.82 Å². The van der Waals surface area contributed by atoms with E-state index >= 15 is 0 Å². The highest BCUT2D eigenvalue weighted by molar-refractivity contribution is 5.83. The second-order valence-corrected chi connectivity index (χ2v) is 3.84. The highest BCUT2D eigenvalue weighted by Gasteiger charge is 2.17. The topological polar surface area (TPSA) is 127 Å². The minimum Gasteiger partial charge on any atom is -0.480 e. The highest BCUT2D eigenvalue weighted by Crippen LogP contribution is 2.06. The Hall–Kier alpha value is -2.45. The zero-order valence-corrected chi connectivity index (χ0v) is 10.3. The molecule has 0 bridgehead atoms. The normalized spacial score (nSPS) is 11.8. The van der Waals surface area contributed by atoms with E-state index in [1.165, 1.54) is 17.1 Å². The van der Waals surface area contributed by atoms with Crippen LogP contribution >= 0.6 is 0 Å². The van der Waals surface area contributed by atoms with Crippen molar-refractivity contribution in [2.45, 2.75) is 32.4 Å². The van der Waals surface area contributed by atoms with Gasteiger partial charge in [0.05, 0.1) is 0 Å². The molecule has 0 saturated heterocycles. The first-order chi connectivity index (χ1) is 8.93. The quantitative estimate of drug-likeness (QED) is 0.536. The van der Waals surface area contributed by atoms with Crippen molar-refractivity contribution in [1.82, 2.24) is 14.9 Å². The summed E-state index contributed by atoms with van der Waals surface area (Å²) in [5, 5.41) is 21.5. The summed E-state index contributed by atoms with van der Waals surface area (Å²) in [6, 6.07) is -0.912. The summed E-state index contributed by atoms with van der Waals surface area (Å²) in [7, 11) is 0. The van der Waals surface area contributed by atoms with Crippen LogP contribution in [0.5, 0.6) is 0 Å². The van der Waals surface area contributed by atoms with Crippen LogP contribution in [0.25, 0.3) is 0 Å². The summed E-state index contributed by atoms with van der Waals surface area (Å²) >= 11 is 0. The largest absolute Gasteiger partial charge is 0.480 e. The molecular weight excluding hydrogens is 256 g/mol. The van der Waals surface area contributed by atoms with Gasteiger partial charge in [-0.15, -0.1) is 0 Å². The number of nitrogens with one attached hydrogen (secondary N) is 1. The number of aliphatic carboxylic acids is 1. The number of carbonyl (C=O) groups excluding carboxylic acids is 1. The SMILES string of the molecule is CCC(NC(=O)CCn1cnc([N+](=O)[O-])c1)C(=O)O. The fourth-order valence-corrected chi connectivity index (χ4v) is 1.40. The molecule has 0 saturated carbocycles. The molecule has 0 aliphatic rings. The van der Waals surface area contributed by atoms with E-state index in [0.29, 0.717) is 0 Å². The van der Waals surface area contributed by atoms with Gasteiger partial charge in [0.1, 0.15) is 12.2 Å². The van der Waals surface area contributed by atoms with Crippen molar-refractivity contribution in [3.05, 3.63) is 22.6 Å². The predicted molar refractivity (Wildman–Crippen MR) is 63.4 cm³/mol. The molecule has 0 aliphatic heterocycles. The minimum absolute atomic E-state index is 0.0251. The smallest absolute Gasteiger partial charge is 0.381 e. The number of amides is 1. The second-order valence-electron chi connectivity index (χ2n) is 3.84. The lowest BCUT2D eigenvalue weighted by molar-refractivity contribution is -0.389. The van der Waals surface area contributed by atoms with Crippen molar-refractivity contribution in [3.8, 4) is 0 Å². The van der Waals surface area contributed by atoms with Gasteiger partial charge in [-0.25, -0.2) is 4.79 Å². The standard InChI is InChI=1S/C10H14N4O5/c1-2-7(10(16)17)12-9(15)3-4-13-5-8(11-6-13)14(18)19/h5-7H,2-4H2,1H3,(H,12,15)(H,16,17). The third-order valence-electron chi connectivity index (χ3n) is 2.45. The number of carboxylic acid groups (broad SMARTS) is 1. The molecule has 1 unspecified atom stereocenters. The van der Waals surface area contributed by atoms with Gasteiger partial charge in [0, 0.05) is 13.0 Å². The molecule has 1 aromatic heterocycles. The lowest BCUT2D eigenvalue weighted by Gasteiger charge is -2.11. The van der Waals surface area contributed by atoms with Gasteiger partial charge >= 0.3 is 11.8 Å². The first-order valence-corrected chi connectivity index (χ1v) is 5.62. The van der Waals surface area contributed by atoms with Gasteiger partial charge in [0.2, 0.25) is 12.2 Å². The molecular formula is C10H14N4O5. The van der Waals surface area contributed by atoms with Gasteiger partial charge in [0.15, 0.2) is 0 Å². The zero-order chi connectivity index (χ0) is 14.4. The molecule has 0 fully saturated rings. The monoisotopic (exact) mass is 270 g/mol. The van der Waals surface area contributed by atoms with Crippen molar-refractivity contribution in [1.29, 1.82) is 0 Å². The Morgan fingerprint density at radius 2 is 2.32 bits per heavy atom. The van der Waals surface area contributed by atoms with Crippen LogP contribution in [-0.2, 0) is 16.1 Å². The van der Waals surface area contributed by atoms with E-state index in [2.05, 4.69) is 10.3 Å². The number of aromatic nitrogens is 2. The molecule has 104 valence electrons. The van der Waals surface area contributed by atoms with Gasteiger partial charge in [0.25, 0.3) is 0 Å². The summed E-state index contributed by atoms with van der Waals surface area (Å²) in [6.45, 7) is 1.85. The molecule has 1 aromatic rings. The summed E-state index contributed by atoms with van der Waals surface area (Å²) in [5.41, 5.74) is 0. The maximum atomic E-state index is 11.5. The third kappa shape index (κ3) is 4.37. The fraction of sp³-hybridized carbons (Fsp3) is 0.500. The Morgan fingerprint density at radius 1 is 1.63 bits per heavy atom. The van der Waals surface area contributed by atoms with Gasteiger partial charge in [-0.05, 0) is 16.3 Å². The summed E-state index contributed by atoms with van der Waals surface area (Å²) in [4.78, 5) is 35.5. The molecule has 1 amide bonds. The number of rotatable bonds is 7. The molecule has 0 spiro atoms. The molecule has 9 nitrogen and oxygen atoms in total. The van der Waals surface area contributed by atoms with E-state index in [-0.39, 0.29) is 25.2 Å². The van der Waals surface area contributed by atoms with Gasteiger partial charge in [-0.3, -0.25) is 4.79 Å². The van der Waals surface area contributed by atoms with E-state index in [1.807, 2.05) is 0 Å². The maximum Gasteiger partial charge on any atom is 0.381 e. The number of aryl methyl sites for hydroxylation is 1. The summed E-state index contributed by atoms with van der Waals surface area (Å²) in [6.07, 6.45) is 2.77. The van der Waals surface area contributed by atoms with Gasteiger partial charge < -0.3 is 25.1 Å². The average molecular weight is 270 g/mol. The highest BCUT2D eigenvalue weighted by atomic mass is 16.6. The van der Waals surface area contributed by atoms with Crippen molar-refractivity contribution < 1.29 is 19.6 Å². The van der Waals surface area contributed by atoms with Crippen LogP contribution in [0.3, 0.4) is 0 Å². The van der Waals surface area contributed by atoms with Crippen molar-refractivity contribution >= 4 is 17.7 Å². The van der Waals surface area contributed by atoms with Crippen molar-refractivity contribution in [2.24, 2.45) is 0 Å². The van der Waals surface area contributed by atoms with Crippen LogP contribution in [0, 0.1) is 10.1 Å². The Bertz CT molecular complexity index is 484. The molecule has 0 aliphatic carbocycles. The van der Waals surface area contributed by atoms with Gasteiger partial charge in [-0.1, -0.05) is 6.92 Å². The van der Waals surface area contributed by atoms with Gasteiger partial charge in [-0.2, -0.15) is 0 Å². The van der Waals surface area contributed by atoms with E-state index in [4.69, 9.17) is 5.11 Å². The molecule has 0 aromatic carbocycles. The van der Waals surface area contributed by atoms with Crippen LogP contribution in [0.2, 0.25) is 0 Å². The number of carbonyl (C=O) groups is 2. The first kappa shape index (κ1) is 14.6. The van der Waals surface area contributed by atoms with Crippen molar-refractivity contribution in [3.63, 3.8) is 0 Å². The Balaban J connectivity index is 2.45. The third-order valence-corrected chi connectivity index (χ3v) is 2.45. The molecule has 9 heteroatoms. The molecule has 1 rings (SSSR count). The minimum atomic E-state index is -1.09. The lowest BCUT2D eigenvalue weighted by Crippen LogP contribution is -2.40. The van der Waals surface area contributed by atoms with E-state index in [9.17, 15) is 19.7 Å². The predicted octanol–water partition coefficient (Wildman–Crippen LogP) is 0.161. The lowest BCUT2D eigenvalue weighted by atomic mass is 10.2. The number of carboxylic acids is 1. The van der Waals surface area contributed by atoms with E-state index < -0.39 is 22.8 Å². The maximum absolute atomic E-state index is 11.5. The molecule has 19 heavy (non-hydrogen) atoms. The van der Waals surface area contributed by atoms with E-state index in [1.54, 1.807) is 6.92 Å². The second kappa shape index (κ2) is 6.47. The Kier molecular flexibility index (Phi) is 4.98. The molecule has 0 radical (unpaired) electrons. The number of nitrogens with zero attached hydrogens (tertiary/aromatic N) is 3. The van der Waals surface area contributed by atoms with Crippen LogP contribution < -0.4 is 5.32 Å². The van der Waals surface area contributed by atoms with E-state index in [0.717, 1.165) is 0 Å². The number of hydrogen-bond acceptors (Lipinski definition) is 5. The van der Waals surface area contributed by atoms with Crippen LogP contribution in [-0.4, -0.2) is 37.5 Å². The molecule has 1 atom stereocenters. The average Bonchev–Trinajstić information content (AvgIpc) is 2.82.